The number of nitrogens with zero attached hydrogens (tertiary/aromatic N) is 2. The summed E-state index contributed by atoms with van der Waals surface area (Å²) in [6, 6.07) is 33.7. The summed E-state index contributed by atoms with van der Waals surface area (Å²) < 4.78 is 5.63. The monoisotopic (exact) mass is 568 g/mol. The smallest absolute Gasteiger partial charge is 0.339 e. The number of Topliss-reactive ketones (excluding diaryl/α,β-unsaturated/α-hetero) is 1. The Morgan fingerprint density at radius 2 is 1.37 bits per heavy atom. The molecule has 0 bridgehead atoms. The van der Waals surface area contributed by atoms with Gasteiger partial charge in [0.25, 0.3) is 5.78 Å². The fourth-order valence-electron chi connectivity index (χ4n) is 5.78. The zero-order valence-electron chi connectivity index (χ0n) is 23.7. The van der Waals surface area contributed by atoms with E-state index >= 15 is 0 Å². The second-order valence-electron chi connectivity index (χ2n) is 10.2. The molecule has 1 N–H and O–H groups in total. The number of ether oxygens (including phenoxy) is 1. The molecule has 2 aliphatic rings. The molecule has 0 aromatic heterocycles. The van der Waals surface area contributed by atoms with E-state index in [9.17, 15) is 19.5 Å². The largest absolute Gasteiger partial charge is 0.507 e. The number of amides is 1. The molecule has 43 heavy (non-hydrogen) atoms. The van der Waals surface area contributed by atoms with Crippen molar-refractivity contribution in [2.24, 2.45) is 4.99 Å². The van der Waals surface area contributed by atoms with Gasteiger partial charge in [0.15, 0.2) is 5.54 Å². The molecule has 1 atom stereocenters. The van der Waals surface area contributed by atoms with Crippen LogP contribution in [0.4, 0.5) is 5.69 Å². The highest BCUT2D eigenvalue weighted by Crippen LogP contribution is 2.53. The average Bonchev–Trinajstić information content (AvgIpc) is 3.50. The molecule has 1 unspecified atom stereocenters. The van der Waals surface area contributed by atoms with E-state index < -0.39 is 29.0 Å². The summed E-state index contributed by atoms with van der Waals surface area (Å²) in [6.45, 7) is 3.63. The van der Waals surface area contributed by atoms with Crippen LogP contribution >= 0.6 is 0 Å². The number of anilines is 1. The van der Waals surface area contributed by atoms with Crippen molar-refractivity contribution in [3.05, 3.63) is 149 Å². The van der Waals surface area contributed by atoms with Gasteiger partial charge in [-0.2, -0.15) is 0 Å². The van der Waals surface area contributed by atoms with E-state index in [1.807, 2.05) is 55.5 Å². The van der Waals surface area contributed by atoms with E-state index in [0.29, 0.717) is 22.4 Å². The van der Waals surface area contributed by atoms with E-state index in [4.69, 9.17) is 9.73 Å². The predicted octanol–water partition coefficient (Wildman–Crippen LogP) is 6.10. The molecule has 212 valence electrons. The molecule has 7 heteroatoms. The normalized spacial score (nSPS) is 19.2. The van der Waals surface area contributed by atoms with Crippen molar-refractivity contribution >= 4 is 40.5 Å². The standard InChI is InChI=1S/C36H28N2O5/c1-3-43-35(42)28-30(24-13-7-4-8-14-24)37-33(26-17-11-6-12-18-26)36(28)29(31(39)25-15-9-5-10-16-25)32(40)34(41)38(36)27-21-19-23(2)20-22-27/h4-22,39H,3H2,1-2H3/b31-29-. The van der Waals surface area contributed by atoms with Gasteiger partial charge in [0.1, 0.15) is 11.3 Å². The molecule has 0 saturated carbocycles. The second kappa shape index (κ2) is 11.0. The number of carbonyl (C=O) groups is 3. The van der Waals surface area contributed by atoms with Crippen LogP contribution in [0.25, 0.3) is 11.5 Å². The summed E-state index contributed by atoms with van der Waals surface area (Å²) in [5.74, 6) is -3.02. The second-order valence-corrected chi connectivity index (χ2v) is 10.2. The van der Waals surface area contributed by atoms with Gasteiger partial charge in [-0.3, -0.25) is 14.5 Å². The Morgan fingerprint density at radius 3 is 1.95 bits per heavy atom. The number of rotatable bonds is 6. The number of esters is 1. The van der Waals surface area contributed by atoms with Crippen molar-refractivity contribution in [1.82, 2.24) is 0 Å². The van der Waals surface area contributed by atoms with Gasteiger partial charge in [0.05, 0.1) is 23.6 Å². The number of aliphatic hydroxyl groups excluding tert-OH is 1. The summed E-state index contributed by atoms with van der Waals surface area (Å²) in [7, 11) is 0. The van der Waals surface area contributed by atoms with Gasteiger partial charge in [0.2, 0.25) is 0 Å². The van der Waals surface area contributed by atoms with Crippen LogP contribution in [0.2, 0.25) is 0 Å². The van der Waals surface area contributed by atoms with Crippen LogP contribution in [0.15, 0.2) is 131 Å². The van der Waals surface area contributed by atoms with Gasteiger partial charge in [-0.25, -0.2) is 9.79 Å². The Kier molecular flexibility index (Phi) is 7.08. The highest BCUT2D eigenvalue weighted by molar-refractivity contribution is 6.57. The first-order valence-corrected chi connectivity index (χ1v) is 14.0. The van der Waals surface area contributed by atoms with Crippen LogP contribution in [0.5, 0.6) is 0 Å². The molecule has 6 rings (SSSR count). The quantitative estimate of drug-likeness (QED) is 0.131. The van der Waals surface area contributed by atoms with Gasteiger partial charge in [-0.05, 0) is 31.5 Å². The van der Waals surface area contributed by atoms with Crippen molar-refractivity contribution in [2.75, 3.05) is 11.5 Å². The van der Waals surface area contributed by atoms with Crippen LogP contribution in [-0.2, 0) is 19.1 Å². The van der Waals surface area contributed by atoms with E-state index in [1.54, 1.807) is 73.7 Å². The Balaban J connectivity index is 1.82. The first-order valence-electron chi connectivity index (χ1n) is 14.0. The maximum atomic E-state index is 14.2. The van der Waals surface area contributed by atoms with Gasteiger partial charge >= 0.3 is 11.9 Å². The van der Waals surface area contributed by atoms with Crippen LogP contribution in [0.1, 0.15) is 29.2 Å². The van der Waals surface area contributed by atoms with Crippen molar-refractivity contribution in [1.29, 1.82) is 0 Å². The minimum Gasteiger partial charge on any atom is -0.507 e. The zero-order valence-corrected chi connectivity index (χ0v) is 23.7. The maximum absolute atomic E-state index is 14.2. The predicted molar refractivity (Wildman–Crippen MR) is 165 cm³/mol. The molecule has 0 radical (unpaired) electrons. The Morgan fingerprint density at radius 1 is 0.814 bits per heavy atom. The average molecular weight is 569 g/mol. The molecular weight excluding hydrogens is 540 g/mol. The highest BCUT2D eigenvalue weighted by Gasteiger charge is 2.67. The van der Waals surface area contributed by atoms with Crippen LogP contribution < -0.4 is 4.90 Å². The number of aliphatic imine (C=N–C) groups is 1. The van der Waals surface area contributed by atoms with Crippen molar-refractivity contribution in [3.8, 4) is 0 Å². The van der Waals surface area contributed by atoms with Crippen LogP contribution in [-0.4, -0.2) is 40.6 Å². The minimum atomic E-state index is -1.96. The number of aliphatic hydroxyl groups is 1. The van der Waals surface area contributed by atoms with E-state index in [1.165, 1.54) is 4.90 Å². The van der Waals surface area contributed by atoms with Crippen LogP contribution in [0.3, 0.4) is 0 Å². The molecule has 4 aromatic carbocycles. The van der Waals surface area contributed by atoms with E-state index in [0.717, 1.165) is 5.56 Å². The molecule has 2 aliphatic heterocycles. The molecule has 2 heterocycles. The molecule has 1 spiro atoms. The lowest BCUT2D eigenvalue weighted by atomic mass is 9.75. The summed E-state index contributed by atoms with van der Waals surface area (Å²) in [5, 5.41) is 11.9. The number of benzene rings is 4. The van der Waals surface area contributed by atoms with Gasteiger partial charge in [0, 0.05) is 16.8 Å². The lowest BCUT2D eigenvalue weighted by molar-refractivity contribution is -0.138. The van der Waals surface area contributed by atoms with Gasteiger partial charge < -0.3 is 9.84 Å². The third-order valence-electron chi connectivity index (χ3n) is 7.64. The Labute approximate surface area is 249 Å². The number of hydrogen-bond acceptors (Lipinski definition) is 6. The molecule has 7 nitrogen and oxygen atoms in total. The van der Waals surface area contributed by atoms with E-state index in [-0.39, 0.29) is 29.2 Å². The number of aryl methyl sites for hydroxylation is 1. The fraction of sp³-hybridized carbons (Fsp3) is 0.111. The zero-order chi connectivity index (χ0) is 30.1. The molecule has 4 aromatic rings. The van der Waals surface area contributed by atoms with Crippen molar-refractivity contribution in [2.45, 2.75) is 19.4 Å². The first-order chi connectivity index (χ1) is 20.9. The summed E-state index contributed by atoms with van der Waals surface area (Å²) in [5.41, 5.74) is 1.00. The highest BCUT2D eigenvalue weighted by atomic mass is 16.5. The summed E-state index contributed by atoms with van der Waals surface area (Å²) in [4.78, 5) is 49.0. The molecule has 1 amide bonds. The van der Waals surface area contributed by atoms with Crippen molar-refractivity contribution in [3.63, 3.8) is 0 Å². The third kappa shape index (κ3) is 4.37. The molecular formula is C36H28N2O5. The molecule has 0 aliphatic carbocycles. The number of ketones is 1. The number of carbonyl (C=O) groups excluding carboxylic acids is 3. The Hall–Kier alpha value is -5.56. The summed E-state index contributed by atoms with van der Waals surface area (Å²) >= 11 is 0. The third-order valence-corrected chi connectivity index (χ3v) is 7.64. The fourth-order valence-corrected chi connectivity index (χ4v) is 5.78. The van der Waals surface area contributed by atoms with Crippen molar-refractivity contribution < 1.29 is 24.2 Å². The van der Waals surface area contributed by atoms with Gasteiger partial charge in [-0.15, -0.1) is 0 Å². The molecule has 1 fully saturated rings. The first kappa shape index (κ1) is 27.6. The minimum absolute atomic E-state index is 0.0309. The lowest BCUT2D eigenvalue weighted by Gasteiger charge is -2.38. The Bertz CT molecular complexity index is 1830. The number of hydrogen-bond donors (Lipinski definition) is 1. The van der Waals surface area contributed by atoms with Crippen LogP contribution in [0, 0.1) is 6.92 Å². The lowest BCUT2D eigenvalue weighted by Crippen LogP contribution is -2.55. The van der Waals surface area contributed by atoms with Gasteiger partial charge in [-0.1, -0.05) is 109 Å². The topological polar surface area (TPSA) is 96.3 Å². The molecule has 1 saturated heterocycles. The maximum Gasteiger partial charge on any atom is 0.339 e. The SMILES string of the molecule is CCOC(=O)C1=C(c2ccccc2)N=C(c2ccccc2)C12/C(=C(\O)c1ccccc1)C(=O)C(=O)N2c1ccc(C)cc1. The summed E-state index contributed by atoms with van der Waals surface area (Å²) in [6.07, 6.45) is 0. The van der Waals surface area contributed by atoms with E-state index in [2.05, 4.69) is 0 Å².